The van der Waals surface area contributed by atoms with Gasteiger partial charge in [0.05, 0.1) is 5.92 Å². The molecule has 1 aromatic carbocycles. The van der Waals surface area contributed by atoms with Gasteiger partial charge in [-0.05, 0) is 31.9 Å². The number of carbonyl (C=O) groups is 2. The summed E-state index contributed by atoms with van der Waals surface area (Å²) in [6.07, 6.45) is 0.535. The number of hydrogen-bond donors (Lipinski definition) is 1. The summed E-state index contributed by atoms with van der Waals surface area (Å²) in [6.45, 7) is 5.21. The lowest BCUT2D eigenvalue weighted by Crippen LogP contribution is -2.27. The van der Waals surface area contributed by atoms with Gasteiger partial charge < -0.3 is 5.32 Å². The Hall–Kier alpha value is -1.64. The molecule has 0 aliphatic carbocycles. The van der Waals surface area contributed by atoms with Gasteiger partial charge in [0.1, 0.15) is 5.78 Å². The number of anilines is 1. The number of Topliss-reactive ketones (excluding diaryl/α,β-unsaturated/α-hetero) is 1. The predicted molar refractivity (Wildman–Crippen MR) is 64.3 cm³/mol. The van der Waals surface area contributed by atoms with Crippen molar-refractivity contribution in [2.45, 2.75) is 27.2 Å². The summed E-state index contributed by atoms with van der Waals surface area (Å²) in [5.41, 5.74) is 1.77. The fourth-order valence-corrected chi connectivity index (χ4v) is 1.59. The van der Waals surface area contributed by atoms with E-state index in [1.165, 1.54) is 6.92 Å². The minimum absolute atomic E-state index is 0.0893. The summed E-state index contributed by atoms with van der Waals surface area (Å²) in [7, 11) is 0. The van der Waals surface area contributed by atoms with Gasteiger partial charge in [0.15, 0.2) is 0 Å². The van der Waals surface area contributed by atoms with Crippen LogP contribution in [0.2, 0.25) is 0 Å². The lowest BCUT2D eigenvalue weighted by molar-refractivity contribution is -0.129. The van der Waals surface area contributed by atoms with E-state index in [9.17, 15) is 9.59 Å². The first-order valence-corrected chi connectivity index (χ1v) is 5.43. The monoisotopic (exact) mass is 219 g/mol. The number of aryl methyl sites for hydroxylation is 1. The van der Waals surface area contributed by atoms with Crippen LogP contribution in [0.3, 0.4) is 0 Å². The molecule has 86 valence electrons. The predicted octanol–water partition coefficient (Wildman–Crippen LogP) is 2.55. The van der Waals surface area contributed by atoms with E-state index in [4.69, 9.17) is 0 Å². The van der Waals surface area contributed by atoms with Gasteiger partial charge in [-0.3, -0.25) is 9.59 Å². The number of hydrogen-bond acceptors (Lipinski definition) is 2. The van der Waals surface area contributed by atoms with Crippen molar-refractivity contribution in [3.05, 3.63) is 29.8 Å². The number of nitrogens with one attached hydrogen (secondary N) is 1. The Morgan fingerprint density at radius 3 is 2.44 bits per heavy atom. The zero-order valence-electron chi connectivity index (χ0n) is 9.91. The maximum atomic E-state index is 11.8. The molecular weight excluding hydrogens is 202 g/mol. The highest BCUT2D eigenvalue weighted by molar-refractivity contribution is 6.06. The first-order valence-electron chi connectivity index (χ1n) is 5.43. The van der Waals surface area contributed by atoms with Crippen molar-refractivity contribution in [1.82, 2.24) is 0 Å². The topological polar surface area (TPSA) is 46.2 Å². The van der Waals surface area contributed by atoms with Crippen LogP contribution >= 0.6 is 0 Å². The Morgan fingerprint density at radius 2 is 1.94 bits per heavy atom. The van der Waals surface area contributed by atoms with E-state index in [2.05, 4.69) is 5.32 Å². The number of rotatable bonds is 4. The van der Waals surface area contributed by atoms with E-state index >= 15 is 0 Å². The molecule has 0 spiro atoms. The summed E-state index contributed by atoms with van der Waals surface area (Å²) in [6, 6.07) is 7.52. The quantitative estimate of drug-likeness (QED) is 0.791. The Bertz CT molecular complexity index is 399. The number of amides is 1. The molecule has 0 saturated heterocycles. The van der Waals surface area contributed by atoms with Crippen molar-refractivity contribution in [3.63, 3.8) is 0 Å². The molecule has 0 aliphatic heterocycles. The molecule has 1 N–H and O–H groups in total. The lowest BCUT2D eigenvalue weighted by Gasteiger charge is -2.13. The van der Waals surface area contributed by atoms with Gasteiger partial charge >= 0.3 is 0 Å². The van der Waals surface area contributed by atoms with Gasteiger partial charge in [-0.15, -0.1) is 0 Å². The molecule has 0 radical (unpaired) electrons. The van der Waals surface area contributed by atoms with Crippen LogP contribution in [0.5, 0.6) is 0 Å². The molecule has 0 fully saturated rings. The summed E-state index contributed by atoms with van der Waals surface area (Å²) in [4.78, 5) is 23.0. The molecule has 16 heavy (non-hydrogen) atoms. The van der Waals surface area contributed by atoms with Crippen molar-refractivity contribution in [1.29, 1.82) is 0 Å². The van der Waals surface area contributed by atoms with Gasteiger partial charge in [0, 0.05) is 5.69 Å². The molecule has 0 unspecified atom stereocenters. The zero-order valence-corrected chi connectivity index (χ0v) is 9.91. The summed E-state index contributed by atoms with van der Waals surface area (Å²) < 4.78 is 0. The van der Waals surface area contributed by atoms with E-state index in [1.807, 2.05) is 38.1 Å². The molecule has 0 aliphatic rings. The van der Waals surface area contributed by atoms with Gasteiger partial charge in [0.2, 0.25) is 5.91 Å². The molecule has 3 heteroatoms. The molecule has 0 bridgehead atoms. The van der Waals surface area contributed by atoms with Crippen LogP contribution in [-0.4, -0.2) is 11.7 Å². The van der Waals surface area contributed by atoms with Crippen LogP contribution in [0.4, 0.5) is 5.69 Å². The van der Waals surface area contributed by atoms with E-state index < -0.39 is 5.92 Å². The second-order valence-electron chi connectivity index (χ2n) is 3.88. The van der Waals surface area contributed by atoms with Gasteiger partial charge in [-0.1, -0.05) is 25.1 Å². The van der Waals surface area contributed by atoms with Gasteiger partial charge in [-0.25, -0.2) is 0 Å². The van der Waals surface area contributed by atoms with Crippen molar-refractivity contribution < 1.29 is 9.59 Å². The number of benzene rings is 1. The molecule has 1 atom stereocenters. The van der Waals surface area contributed by atoms with Crippen molar-refractivity contribution in [2.24, 2.45) is 5.92 Å². The van der Waals surface area contributed by atoms with Crippen LogP contribution < -0.4 is 5.32 Å². The van der Waals surface area contributed by atoms with E-state index in [1.54, 1.807) is 0 Å². The Morgan fingerprint density at radius 1 is 1.31 bits per heavy atom. The van der Waals surface area contributed by atoms with Crippen LogP contribution in [0.25, 0.3) is 0 Å². The van der Waals surface area contributed by atoms with Crippen LogP contribution in [0.1, 0.15) is 25.8 Å². The maximum absolute atomic E-state index is 11.8. The van der Waals surface area contributed by atoms with E-state index in [0.717, 1.165) is 11.3 Å². The van der Waals surface area contributed by atoms with Gasteiger partial charge in [-0.2, -0.15) is 0 Å². The van der Waals surface area contributed by atoms with Crippen molar-refractivity contribution in [2.75, 3.05) is 5.32 Å². The number of ketones is 1. The lowest BCUT2D eigenvalue weighted by atomic mass is 10.0. The third-order valence-corrected chi connectivity index (χ3v) is 2.62. The number of para-hydroxylation sites is 1. The second kappa shape index (κ2) is 5.45. The van der Waals surface area contributed by atoms with Crippen LogP contribution in [0, 0.1) is 12.8 Å². The van der Waals surface area contributed by atoms with Crippen LogP contribution in [-0.2, 0) is 9.59 Å². The molecule has 0 heterocycles. The number of carbonyl (C=O) groups excluding carboxylic acids is 2. The highest BCUT2D eigenvalue weighted by atomic mass is 16.2. The molecule has 3 nitrogen and oxygen atoms in total. The first kappa shape index (κ1) is 12.4. The fourth-order valence-electron chi connectivity index (χ4n) is 1.59. The molecule has 1 aromatic rings. The summed E-state index contributed by atoms with van der Waals surface area (Å²) >= 11 is 0. The Kier molecular flexibility index (Phi) is 4.23. The molecule has 0 saturated carbocycles. The average Bonchev–Trinajstić information content (AvgIpc) is 2.22. The smallest absolute Gasteiger partial charge is 0.234 e. The Balaban J connectivity index is 2.78. The second-order valence-corrected chi connectivity index (χ2v) is 3.88. The minimum Gasteiger partial charge on any atom is -0.325 e. The highest BCUT2D eigenvalue weighted by Crippen LogP contribution is 2.15. The summed E-state index contributed by atoms with van der Waals surface area (Å²) in [5.74, 6) is -0.850. The molecule has 1 amide bonds. The minimum atomic E-state index is -0.542. The van der Waals surface area contributed by atoms with E-state index in [-0.39, 0.29) is 11.7 Å². The normalized spacial score (nSPS) is 11.9. The maximum Gasteiger partial charge on any atom is 0.234 e. The standard InChI is InChI=1S/C13H17NO2/c1-4-11(10(3)15)13(16)14-12-8-6-5-7-9(12)2/h5-8,11H,4H2,1-3H3,(H,14,16)/t11-/m1/s1. The molecule has 1 rings (SSSR count). The zero-order chi connectivity index (χ0) is 12.1. The average molecular weight is 219 g/mol. The highest BCUT2D eigenvalue weighted by Gasteiger charge is 2.21. The third-order valence-electron chi connectivity index (χ3n) is 2.62. The first-order chi connectivity index (χ1) is 7.56. The fraction of sp³-hybridized carbons (Fsp3) is 0.385. The van der Waals surface area contributed by atoms with Gasteiger partial charge in [0.25, 0.3) is 0 Å². The molecular formula is C13H17NO2. The third kappa shape index (κ3) is 2.92. The van der Waals surface area contributed by atoms with Crippen LogP contribution in [0.15, 0.2) is 24.3 Å². The summed E-state index contributed by atoms with van der Waals surface area (Å²) in [5, 5.41) is 2.78. The van der Waals surface area contributed by atoms with Crippen molar-refractivity contribution >= 4 is 17.4 Å². The Labute approximate surface area is 95.9 Å². The molecule has 0 aromatic heterocycles. The largest absolute Gasteiger partial charge is 0.325 e. The SMILES string of the molecule is CC[C@H](C(C)=O)C(=O)Nc1ccccc1C. The van der Waals surface area contributed by atoms with E-state index in [0.29, 0.717) is 6.42 Å². The van der Waals surface area contributed by atoms with Crippen molar-refractivity contribution in [3.8, 4) is 0 Å².